The molecular weight excluding hydrogens is 1810 g/mol. The Morgan fingerprint density at radius 3 is 1.08 bits per heavy atom. The molecule has 0 radical (unpaired) electrons. The molecule has 7 N–H and O–H groups in total. The number of nitrogens with one attached hydrogen (secondary N) is 1. The molecule has 594 valence electrons. The zero-order valence-corrected chi connectivity index (χ0v) is 72.3. The Balaban J connectivity index is 0. The maximum absolute atomic E-state index is 14.1. The zero-order valence-electron chi connectivity index (χ0n) is 60.8. The van der Waals surface area contributed by atoms with Gasteiger partial charge in [-0.2, -0.15) is 0 Å². The summed E-state index contributed by atoms with van der Waals surface area (Å²) in [4.78, 5) is 78.3. The number of aromatic hydroxyl groups is 1. The summed E-state index contributed by atoms with van der Waals surface area (Å²) in [6.07, 6.45) is -2.95. The monoisotopic (exact) mass is 1890 g/mol. The predicted molar refractivity (Wildman–Crippen MR) is 398 cm³/mol. The number of hydrogen-bond acceptors (Lipinski definition) is 21. The second kappa shape index (κ2) is 48.4. The number of aliphatic hydroxyl groups is 1. The Bertz CT molecular complexity index is 4000. The molecule has 38 heteroatoms. The first kappa shape index (κ1) is 104. The van der Waals surface area contributed by atoms with Crippen LogP contribution in [0.5, 0.6) is 28.7 Å². The molecule has 1 amide bonds. The van der Waals surface area contributed by atoms with Gasteiger partial charge in [0.1, 0.15) is 34.9 Å². The molecule has 7 rings (SSSR count). The first-order valence-electron chi connectivity index (χ1n) is 31.8. The van der Waals surface area contributed by atoms with Crippen molar-refractivity contribution in [2.24, 2.45) is 5.14 Å². The maximum atomic E-state index is 14.1. The molecule has 2 saturated carbocycles. The van der Waals surface area contributed by atoms with E-state index in [0.717, 1.165) is 21.8 Å². The number of aliphatic hydroxyl groups excluding tert-OH is 1. The van der Waals surface area contributed by atoms with Gasteiger partial charge in [-0.15, -0.1) is 0 Å². The van der Waals surface area contributed by atoms with Gasteiger partial charge in [0.25, 0.3) is 23.7 Å². The van der Waals surface area contributed by atoms with Gasteiger partial charge in [0.05, 0.1) is 59.6 Å². The number of amides is 1. The van der Waals surface area contributed by atoms with E-state index in [1.807, 2.05) is 4.72 Å². The van der Waals surface area contributed by atoms with E-state index < -0.39 is 110 Å². The number of nitrogens with two attached hydrogens (primary N) is 1. The molecule has 0 bridgehead atoms. The molecule has 0 aliphatic heterocycles. The smallest absolute Gasteiger partial charge is 0.870 e. The van der Waals surface area contributed by atoms with Crippen LogP contribution in [0.25, 0.3) is 0 Å². The molecule has 24 nitrogen and oxygen atoms in total. The van der Waals surface area contributed by atoms with Gasteiger partial charge in [-0.25, -0.2) is 72.2 Å². The number of halogens is 11. The van der Waals surface area contributed by atoms with E-state index in [2.05, 4.69) is 93.9 Å². The van der Waals surface area contributed by atoms with Crippen LogP contribution in [0.4, 0.5) is 26.3 Å². The molecule has 5 atom stereocenters. The standard InChI is InChI=1S/C15H18BrF2NO4S.C13H15BrF2O3.C13H15BrO4.C12H13BrF2O3.C9H9BrO2.C4H8O3.C3H7NO2S.Na.H2O/c1-3-15(17,18)12-8-10(16)4-7-13(12)23-9(2)14(20)19-24(21,22)11-5-6-11;1-4-13(15,16)10-7-9(14)5-6-11(10)19-8(2)12(17)18-3;1-4-11(15)10-7-9(14)5-6-12(10)18-8(2)13(16)17-3;1-3-12(14,15)9-6-8(13)4-5-10(9)18-7(2)11(16)17;1-2-8(11)7-5-6(10)3-4-9(7)12;1-3(5)4(6)7-2;4-7(5,6)3-1-2-3;;/h4,7-9,11H,3,5-6H2,1-2H3,(H,19,20);5-8H,4H2,1-3H3;5-8H,4H2,1-3H3;4-7H,3H2,1-2H3,(H,16,17);3-5,12H,2H2,1H3;3,5H,1-2H3;3H,1-2H2,(H2,4,5,6);;1H2/q;;;;;;;+1;/p-1/t9-;2*8-;7-;;3-;;;/m0000.1.../s1. The van der Waals surface area contributed by atoms with Crippen molar-refractivity contribution in [1.82, 2.24) is 4.72 Å². The van der Waals surface area contributed by atoms with Crippen LogP contribution in [0.3, 0.4) is 0 Å². The summed E-state index contributed by atoms with van der Waals surface area (Å²) in [6.45, 7) is 14.6. The minimum absolute atomic E-state index is 0. The summed E-state index contributed by atoms with van der Waals surface area (Å²) in [5.41, 5.74) is -0.0776. The number of carboxylic acids is 1. The summed E-state index contributed by atoms with van der Waals surface area (Å²) in [7, 11) is -3.10. The summed E-state index contributed by atoms with van der Waals surface area (Å²) in [5.74, 6) is -12.9. The minimum atomic E-state index is -3.71. The zero-order chi connectivity index (χ0) is 80.9. The number of primary sulfonamides is 1. The van der Waals surface area contributed by atoms with Gasteiger partial charge in [0, 0.05) is 54.5 Å². The number of benzene rings is 5. The number of rotatable bonds is 26. The third kappa shape index (κ3) is 36.5. The second-order valence-corrected chi connectivity index (χ2v) is 31.0. The molecule has 2 fully saturated rings. The molecule has 107 heavy (non-hydrogen) atoms. The van der Waals surface area contributed by atoms with E-state index in [4.69, 9.17) is 34.3 Å². The number of phenolic OH excluding ortho intramolecular Hbond substituents is 1. The number of Topliss-reactive ketones (excluding diaryl/α,β-unsaturated/α-hetero) is 2. The molecule has 0 unspecified atom stereocenters. The van der Waals surface area contributed by atoms with Crippen molar-refractivity contribution in [2.45, 2.75) is 186 Å². The first-order valence-corrected chi connectivity index (χ1v) is 39.0. The van der Waals surface area contributed by atoms with Gasteiger partial charge >= 0.3 is 53.4 Å². The average molecular weight is 1900 g/mol. The molecule has 0 aromatic heterocycles. The van der Waals surface area contributed by atoms with E-state index >= 15 is 0 Å². The van der Waals surface area contributed by atoms with Gasteiger partial charge in [-0.05, 0) is 151 Å². The van der Waals surface area contributed by atoms with E-state index in [1.165, 1.54) is 124 Å². The number of phenols is 1. The Hall–Kier alpha value is -5.45. The molecule has 0 saturated heterocycles. The molecule has 2 aliphatic carbocycles. The molecule has 5 aromatic rings. The SMILES string of the molecule is CCC(=O)c1cc(Br)ccc1O.CCC(=O)c1cc(Br)ccc1O[C@@H](C)C(=O)OC.CCC(F)(F)c1cc(Br)ccc1O[C@@H](C)C(=O)NS(=O)(=O)C1CC1.CCC(F)(F)c1cc(Br)ccc1O[C@@H](C)C(=O)O.CCC(F)(F)c1cc(Br)ccc1O[C@@H](C)C(=O)OC.COC(=O)[C@@H](C)O.NS(=O)(=O)C1CC1.[Na+].[OH-]. The van der Waals surface area contributed by atoms with Gasteiger partial charge in [0.2, 0.25) is 20.0 Å². The van der Waals surface area contributed by atoms with Crippen LogP contribution in [-0.2, 0) is 76.0 Å². The van der Waals surface area contributed by atoms with Crippen molar-refractivity contribution in [3.05, 3.63) is 141 Å². The number of alkyl halides is 6. The molecule has 0 spiro atoms. The quantitative estimate of drug-likeness (QED) is 0.0113. The van der Waals surface area contributed by atoms with E-state index in [9.17, 15) is 81.8 Å². The Labute approximate surface area is 682 Å². The van der Waals surface area contributed by atoms with Crippen LogP contribution in [0.2, 0.25) is 0 Å². The molecular formula is C69H86Br5F6N2NaO22S2. The molecule has 5 aromatic carbocycles. The number of aliphatic carboxylic acids is 1. The fourth-order valence-electron chi connectivity index (χ4n) is 7.73. The number of carboxylic acid groups (broad SMARTS) is 1. The topological polar surface area (TPSA) is 381 Å². The number of hydrogen-bond donors (Lipinski definition) is 5. The first-order chi connectivity index (χ1) is 48.6. The maximum Gasteiger partial charge on any atom is 1.00 e. The summed E-state index contributed by atoms with van der Waals surface area (Å²) >= 11 is 15.9. The minimum Gasteiger partial charge on any atom is -0.870 e. The van der Waals surface area contributed by atoms with Crippen LogP contribution >= 0.6 is 79.6 Å². The van der Waals surface area contributed by atoms with Crippen molar-refractivity contribution in [2.75, 3.05) is 21.3 Å². The number of carbonyl (C=O) groups is 7. The largest absolute Gasteiger partial charge is 1.00 e. The number of methoxy groups -OCH3 is 3. The Kier molecular flexibility index (Phi) is 46.8. The van der Waals surface area contributed by atoms with Gasteiger partial charge in [0.15, 0.2) is 36.0 Å². The summed E-state index contributed by atoms with van der Waals surface area (Å²) < 4.78 is 166. The number of sulfonamides is 2. The van der Waals surface area contributed by atoms with Crippen LogP contribution in [0, 0.1) is 0 Å². The van der Waals surface area contributed by atoms with Crippen molar-refractivity contribution >= 4 is 141 Å². The van der Waals surface area contributed by atoms with Crippen molar-refractivity contribution in [1.29, 1.82) is 0 Å². The van der Waals surface area contributed by atoms with Crippen molar-refractivity contribution < 1.29 is 160 Å². The fraction of sp³-hybridized carbons (Fsp3) is 0.464. The Morgan fingerprint density at radius 2 is 0.794 bits per heavy atom. The third-order valence-electron chi connectivity index (χ3n) is 14.2. The van der Waals surface area contributed by atoms with Crippen LogP contribution in [0.15, 0.2) is 113 Å². The predicted octanol–water partition coefficient (Wildman–Crippen LogP) is 12.6. The fourth-order valence-corrected chi connectivity index (χ4v) is 11.7. The number of ether oxygens (including phenoxy) is 7. The molecule has 0 heterocycles. The van der Waals surface area contributed by atoms with Gasteiger partial charge in [-0.1, -0.05) is 114 Å². The number of ketones is 2. The summed E-state index contributed by atoms with van der Waals surface area (Å²) in [5, 5.41) is 30.3. The Morgan fingerprint density at radius 1 is 0.495 bits per heavy atom. The van der Waals surface area contributed by atoms with Crippen molar-refractivity contribution in [3.8, 4) is 28.7 Å². The van der Waals surface area contributed by atoms with Crippen LogP contribution < -0.4 is 58.4 Å². The summed E-state index contributed by atoms with van der Waals surface area (Å²) in [6, 6.07) is 22.4. The normalized spacial score (nSPS) is 13.6. The van der Waals surface area contributed by atoms with Crippen molar-refractivity contribution in [3.63, 3.8) is 0 Å². The average Bonchev–Trinajstić information content (AvgIpc) is 1.65. The van der Waals surface area contributed by atoms with Crippen LogP contribution in [0.1, 0.15) is 164 Å². The van der Waals surface area contributed by atoms with E-state index in [-0.39, 0.29) is 104 Å². The number of esters is 3. The molecule has 2 aliphatic rings. The third-order valence-corrected chi connectivity index (χ3v) is 19.9. The number of carbonyl (C=O) groups excluding carboxylic acids is 6. The van der Waals surface area contributed by atoms with Gasteiger partial charge < -0.3 is 54.0 Å². The van der Waals surface area contributed by atoms with Gasteiger partial charge in [-0.3, -0.25) is 14.4 Å². The van der Waals surface area contributed by atoms with E-state index in [1.54, 1.807) is 57.2 Å². The second-order valence-electron chi connectivity index (χ2n) is 22.6. The van der Waals surface area contributed by atoms with E-state index in [0.29, 0.717) is 56.0 Å². The van der Waals surface area contributed by atoms with Crippen LogP contribution in [-0.4, -0.2) is 141 Å².